The maximum Gasteiger partial charge on any atom is 0.0807 e. The minimum Gasteiger partial charge on any atom is -0.394 e. The van der Waals surface area contributed by atoms with E-state index in [1.54, 1.807) is 0 Å². The highest BCUT2D eigenvalue weighted by atomic mass is 16.6. The summed E-state index contributed by atoms with van der Waals surface area (Å²) >= 11 is 0. The molecule has 0 heterocycles. The van der Waals surface area contributed by atoms with E-state index in [9.17, 15) is 0 Å². The molecule has 0 aliphatic rings. The first-order valence-electron chi connectivity index (χ1n) is 8.57. The lowest BCUT2D eigenvalue weighted by Gasteiger charge is -2.16. The van der Waals surface area contributed by atoms with Crippen molar-refractivity contribution < 1.29 is 38.6 Å². The van der Waals surface area contributed by atoms with Crippen molar-refractivity contribution in [1.82, 2.24) is 0 Å². The minimum absolute atomic E-state index is 0.0316. The van der Waals surface area contributed by atoms with Gasteiger partial charge >= 0.3 is 0 Å². The predicted octanol–water partition coefficient (Wildman–Crippen LogP) is -0.151. The molecule has 0 aliphatic carbocycles. The van der Waals surface area contributed by atoms with Crippen LogP contribution in [-0.2, 0) is 28.4 Å². The van der Waals surface area contributed by atoms with E-state index in [4.69, 9.17) is 38.6 Å². The normalized spacial score (nSPS) is 12.6. The quantitative estimate of drug-likeness (QED) is 0.292. The van der Waals surface area contributed by atoms with E-state index in [1.165, 1.54) is 0 Å². The maximum absolute atomic E-state index is 8.54. The second-order valence-corrected chi connectivity index (χ2v) is 4.87. The summed E-state index contributed by atoms with van der Waals surface area (Å²) in [7, 11) is 0. The molecule has 0 rings (SSSR count). The molecule has 0 spiro atoms. The van der Waals surface area contributed by atoms with Gasteiger partial charge in [0.15, 0.2) is 0 Å². The van der Waals surface area contributed by atoms with Crippen molar-refractivity contribution in [3.05, 3.63) is 0 Å². The Hall–Kier alpha value is -0.320. The van der Waals surface area contributed by atoms with Crippen LogP contribution < -0.4 is 0 Å². The average molecular weight is 354 g/mol. The van der Waals surface area contributed by atoms with Crippen LogP contribution in [0, 0.1) is 0 Å². The lowest BCUT2D eigenvalue weighted by Crippen LogP contribution is -2.23. The van der Waals surface area contributed by atoms with Crippen molar-refractivity contribution in [3.63, 3.8) is 0 Å². The Labute approximate surface area is 144 Å². The minimum atomic E-state index is 0.0316. The molecule has 0 aliphatic heterocycles. The van der Waals surface area contributed by atoms with Crippen molar-refractivity contribution in [2.75, 3.05) is 85.9 Å². The van der Waals surface area contributed by atoms with Crippen LogP contribution in [0.25, 0.3) is 0 Å². The summed E-state index contributed by atoms with van der Waals surface area (Å²) in [5.41, 5.74) is 0. The van der Waals surface area contributed by atoms with Crippen LogP contribution in [0.3, 0.4) is 0 Å². The van der Waals surface area contributed by atoms with Crippen molar-refractivity contribution >= 4 is 0 Å². The summed E-state index contributed by atoms with van der Waals surface area (Å²) in [5.74, 6) is 0. The number of rotatable bonds is 20. The van der Waals surface area contributed by atoms with E-state index in [0.717, 1.165) is 6.42 Å². The summed E-state index contributed by atoms with van der Waals surface area (Å²) in [4.78, 5) is 0. The molecular weight excluding hydrogens is 320 g/mol. The van der Waals surface area contributed by atoms with Gasteiger partial charge in [-0.2, -0.15) is 0 Å². The van der Waals surface area contributed by atoms with E-state index in [2.05, 4.69) is 0 Å². The highest BCUT2D eigenvalue weighted by Gasteiger charge is 2.06. The van der Waals surface area contributed by atoms with Crippen molar-refractivity contribution in [1.29, 1.82) is 0 Å². The molecular formula is C16H34O8. The van der Waals surface area contributed by atoms with E-state index in [-0.39, 0.29) is 19.3 Å². The fourth-order valence-corrected chi connectivity index (χ4v) is 1.66. The monoisotopic (exact) mass is 354 g/mol. The van der Waals surface area contributed by atoms with Crippen LogP contribution in [0.4, 0.5) is 0 Å². The van der Waals surface area contributed by atoms with Crippen LogP contribution in [0.15, 0.2) is 0 Å². The standard InChI is InChI=1S/C16H34O8/c1-2-16(24-14-13-22-10-8-20-6-4-18)15-23-12-11-21-9-7-19-5-3-17/h16-18H,2-15H2,1H3. The number of ether oxygens (including phenoxy) is 6. The first kappa shape index (κ1) is 23.7. The molecule has 0 aromatic rings. The van der Waals surface area contributed by atoms with Crippen molar-refractivity contribution in [2.45, 2.75) is 19.4 Å². The maximum atomic E-state index is 8.54. The predicted molar refractivity (Wildman–Crippen MR) is 88.3 cm³/mol. The molecule has 0 radical (unpaired) electrons. The first-order valence-corrected chi connectivity index (χ1v) is 8.57. The van der Waals surface area contributed by atoms with Gasteiger partial charge in [-0.1, -0.05) is 6.92 Å². The van der Waals surface area contributed by atoms with Crippen LogP contribution in [0.5, 0.6) is 0 Å². The highest BCUT2D eigenvalue weighted by molar-refractivity contribution is 4.53. The summed E-state index contributed by atoms with van der Waals surface area (Å²) < 4.78 is 32.0. The molecule has 8 heteroatoms. The van der Waals surface area contributed by atoms with Crippen LogP contribution in [-0.4, -0.2) is 102 Å². The highest BCUT2D eigenvalue weighted by Crippen LogP contribution is 1.99. The summed E-state index contributed by atoms with van der Waals surface area (Å²) in [5, 5.41) is 17.1. The molecule has 0 aromatic carbocycles. The van der Waals surface area contributed by atoms with E-state index < -0.39 is 0 Å². The Kier molecular flexibility index (Phi) is 20.4. The molecule has 0 amide bonds. The van der Waals surface area contributed by atoms with Gasteiger partial charge < -0.3 is 38.6 Å². The Morgan fingerprint density at radius 1 is 0.583 bits per heavy atom. The third-order valence-corrected chi connectivity index (χ3v) is 2.93. The molecule has 0 saturated heterocycles. The molecule has 0 aromatic heterocycles. The zero-order valence-electron chi connectivity index (χ0n) is 14.8. The Morgan fingerprint density at radius 2 is 1.00 bits per heavy atom. The molecule has 1 unspecified atom stereocenters. The third-order valence-electron chi connectivity index (χ3n) is 2.93. The zero-order valence-corrected chi connectivity index (χ0v) is 14.8. The lowest BCUT2D eigenvalue weighted by molar-refractivity contribution is -0.0554. The van der Waals surface area contributed by atoms with E-state index in [1.807, 2.05) is 6.92 Å². The lowest BCUT2D eigenvalue weighted by atomic mass is 10.3. The van der Waals surface area contributed by atoms with Crippen LogP contribution in [0.2, 0.25) is 0 Å². The van der Waals surface area contributed by atoms with Gasteiger partial charge in [0.2, 0.25) is 0 Å². The average Bonchev–Trinajstić information content (AvgIpc) is 2.60. The van der Waals surface area contributed by atoms with Gasteiger partial charge in [-0.3, -0.25) is 0 Å². The number of hydrogen-bond acceptors (Lipinski definition) is 8. The van der Waals surface area contributed by atoms with Crippen LogP contribution >= 0.6 is 0 Å². The van der Waals surface area contributed by atoms with Gasteiger partial charge in [0, 0.05) is 0 Å². The van der Waals surface area contributed by atoms with Crippen molar-refractivity contribution in [3.8, 4) is 0 Å². The summed E-state index contributed by atoms with van der Waals surface area (Å²) in [6, 6.07) is 0. The zero-order chi connectivity index (χ0) is 17.7. The Balaban J connectivity index is 3.28. The largest absolute Gasteiger partial charge is 0.394 e. The summed E-state index contributed by atoms with van der Waals surface area (Å²) in [6.45, 7) is 7.32. The Bertz CT molecular complexity index is 230. The topological polar surface area (TPSA) is 95.8 Å². The molecule has 24 heavy (non-hydrogen) atoms. The number of aliphatic hydroxyl groups is 2. The fraction of sp³-hybridized carbons (Fsp3) is 1.00. The second kappa shape index (κ2) is 20.7. The molecule has 0 bridgehead atoms. The number of hydrogen-bond donors (Lipinski definition) is 2. The SMILES string of the molecule is CCC(COCCOCCOCCO)OCCOCCOCCO. The van der Waals surface area contributed by atoms with E-state index in [0.29, 0.717) is 72.7 Å². The first-order chi connectivity index (χ1) is 11.8. The van der Waals surface area contributed by atoms with Crippen LogP contribution in [0.1, 0.15) is 13.3 Å². The number of aliphatic hydroxyl groups excluding tert-OH is 2. The van der Waals surface area contributed by atoms with Gasteiger partial charge in [-0.25, -0.2) is 0 Å². The molecule has 2 N–H and O–H groups in total. The molecule has 0 saturated carbocycles. The third kappa shape index (κ3) is 18.0. The smallest absolute Gasteiger partial charge is 0.0807 e. The molecule has 146 valence electrons. The van der Waals surface area contributed by atoms with Gasteiger partial charge in [0.25, 0.3) is 0 Å². The Morgan fingerprint density at radius 3 is 1.46 bits per heavy atom. The van der Waals surface area contributed by atoms with Gasteiger partial charge in [-0.05, 0) is 6.42 Å². The molecule has 0 fully saturated rings. The van der Waals surface area contributed by atoms with E-state index >= 15 is 0 Å². The molecule has 1 atom stereocenters. The van der Waals surface area contributed by atoms with Gasteiger partial charge in [0.05, 0.1) is 92.0 Å². The summed E-state index contributed by atoms with van der Waals surface area (Å²) in [6.07, 6.45) is 0.919. The van der Waals surface area contributed by atoms with Crippen molar-refractivity contribution in [2.24, 2.45) is 0 Å². The second-order valence-electron chi connectivity index (χ2n) is 4.87. The van der Waals surface area contributed by atoms with Gasteiger partial charge in [0.1, 0.15) is 0 Å². The molecule has 8 nitrogen and oxygen atoms in total. The fourth-order valence-electron chi connectivity index (χ4n) is 1.66. The van der Waals surface area contributed by atoms with Gasteiger partial charge in [-0.15, -0.1) is 0 Å².